The third-order valence-electron chi connectivity index (χ3n) is 4.61. The highest BCUT2D eigenvalue weighted by Crippen LogP contribution is 2.31. The molecule has 0 saturated carbocycles. The largest absolute Gasteiger partial charge is 0.384 e. The monoisotopic (exact) mass is 469 g/mol. The first-order valence-electron chi connectivity index (χ1n) is 8.90. The van der Waals surface area contributed by atoms with Gasteiger partial charge in [0.05, 0.1) is 33.6 Å². The Morgan fingerprint density at radius 1 is 1.16 bits per heavy atom. The van der Waals surface area contributed by atoms with Crippen molar-refractivity contribution in [3.63, 3.8) is 0 Å². The lowest BCUT2D eigenvalue weighted by atomic mass is 10.1. The van der Waals surface area contributed by atoms with Crippen LogP contribution in [0.5, 0.6) is 0 Å². The quantitative estimate of drug-likeness (QED) is 0.310. The Morgan fingerprint density at radius 3 is 2.88 bits per heavy atom. The van der Waals surface area contributed by atoms with Crippen LogP contribution < -0.4 is 13.7 Å². The van der Waals surface area contributed by atoms with Gasteiger partial charge in [-0.15, -0.1) is 0 Å². The smallest absolute Gasteiger partial charge is 0.0666 e. The number of anilines is 2. The van der Waals surface area contributed by atoms with Crippen molar-refractivity contribution in [2.24, 2.45) is 0 Å². The van der Waals surface area contributed by atoms with Crippen LogP contribution in [0.3, 0.4) is 0 Å². The summed E-state index contributed by atoms with van der Waals surface area (Å²) in [5.41, 5.74) is 6.38. The third-order valence-corrected chi connectivity index (χ3v) is 6.11. The summed E-state index contributed by atoms with van der Waals surface area (Å²) in [4.78, 5) is 0. The zero-order valence-corrected chi connectivity index (χ0v) is 17.5. The van der Waals surface area contributed by atoms with E-state index >= 15 is 0 Å². The van der Waals surface area contributed by atoms with Gasteiger partial charge in [0, 0.05) is 25.3 Å². The van der Waals surface area contributed by atoms with E-state index in [0.717, 1.165) is 55.3 Å². The molecule has 3 rings (SSSR count). The number of hydrogen-bond acceptors (Lipinski definition) is 3. The highest BCUT2D eigenvalue weighted by molar-refractivity contribution is 14.1. The number of hydrogen-bond donors (Lipinski definition) is 2. The summed E-state index contributed by atoms with van der Waals surface area (Å²) < 4.78 is 2.32. The summed E-state index contributed by atoms with van der Waals surface area (Å²) in [6.45, 7) is 6.09. The Balaban J connectivity index is 1.33. The molecule has 134 valence electrons. The standard InChI is InChI=1S/C20H25ClIN3/c1-15-5-4-6-18(20(15)21)24-11-3-2-10-23-14-16-7-8-17-9-12-25(22)19(17)13-16/h4-8,13,23-24H,2-3,9-12,14H2,1H3. The van der Waals surface area contributed by atoms with Gasteiger partial charge >= 0.3 is 0 Å². The molecule has 0 aromatic heterocycles. The number of benzene rings is 2. The molecule has 3 nitrogen and oxygen atoms in total. The molecule has 0 aliphatic carbocycles. The molecule has 0 fully saturated rings. The second-order valence-electron chi connectivity index (χ2n) is 6.55. The predicted molar refractivity (Wildman–Crippen MR) is 117 cm³/mol. The van der Waals surface area contributed by atoms with Crippen molar-refractivity contribution in [2.75, 3.05) is 28.1 Å². The average Bonchev–Trinajstić information content (AvgIpc) is 2.98. The van der Waals surface area contributed by atoms with E-state index in [1.54, 1.807) is 0 Å². The molecule has 2 aromatic carbocycles. The topological polar surface area (TPSA) is 27.3 Å². The van der Waals surface area contributed by atoms with Crippen molar-refractivity contribution in [3.05, 3.63) is 58.1 Å². The molecule has 0 radical (unpaired) electrons. The number of fused-ring (bicyclic) bond motifs is 1. The van der Waals surface area contributed by atoms with Crippen molar-refractivity contribution in [1.82, 2.24) is 5.32 Å². The van der Waals surface area contributed by atoms with Crippen molar-refractivity contribution in [3.8, 4) is 0 Å². The van der Waals surface area contributed by atoms with Crippen molar-refractivity contribution < 1.29 is 0 Å². The van der Waals surface area contributed by atoms with Gasteiger partial charge in [0.25, 0.3) is 0 Å². The molecule has 2 N–H and O–H groups in total. The summed E-state index contributed by atoms with van der Waals surface area (Å²) in [6.07, 6.45) is 3.45. The van der Waals surface area contributed by atoms with Gasteiger partial charge in [-0.1, -0.05) is 35.9 Å². The second-order valence-corrected chi connectivity index (χ2v) is 8.09. The van der Waals surface area contributed by atoms with Crippen LogP contribution in [-0.2, 0) is 13.0 Å². The zero-order chi connectivity index (χ0) is 17.6. The molecule has 0 spiro atoms. The highest BCUT2D eigenvalue weighted by Gasteiger charge is 2.16. The fourth-order valence-corrected chi connectivity index (χ4v) is 3.99. The highest BCUT2D eigenvalue weighted by atomic mass is 127. The molecule has 2 aromatic rings. The minimum absolute atomic E-state index is 0.835. The van der Waals surface area contributed by atoms with E-state index in [9.17, 15) is 0 Å². The first-order chi connectivity index (χ1) is 12.1. The van der Waals surface area contributed by atoms with Crippen LogP contribution in [0.4, 0.5) is 11.4 Å². The Kier molecular flexibility index (Phi) is 6.84. The second kappa shape index (κ2) is 9.10. The normalized spacial score (nSPS) is 13.2. The van der Waals surface area contributed by atoms with E-state index in [0.29, 0.717) is 0 Å². The summed E-state index contributed by atoms with van der Waals surface area (Å²) >= 11 is 8.70. The van der Waals surface area contributed by atoms with Gasteiger partial charge in [0.2, 0.25) is 0 Å². The van der Waals surface area contributed by atoms with Crippen LogP contribution in [0.25, 0.3) is 0 Å². The number of nitrogens with one attached hydrogen (secondary N) is 2. The lowest BCUT2D eigenvalue weighted by Gasteiger charge is -2.12. The van der Waals surface area contributed by atoms with Gasteiger partial charge in [-0.05, 0) is 61.6 Å². The van der Waals surface area contributed by atoms with E-state index in [2.05, 4.69) is 54.8 Å². The van der Waals surface area contributed by atoms with E-state index in [4.69, 9.17) is 11.6 Å². The average molecular weight is 470 g/mol. The minimum atomic E-state index is 0.835. The molecule has 0 saturated heterocycles. The maximum absolute atomic E-state index is 6.30. The van der Waals surface area contributed by atoms with Crippen LogP contribution in [0.2, 0.25) is 5.02 Å². The van der Waals surface area contributed by atoms with Gasteiger partial charge in [-0.25, -0.2) is 0 Å². The summed E-state index contributed by atoms with van der Waals surface area (Å²) in [7, 11) is 0. The van der Waals surface area contributed by atoms with Crippen molar-refractivity contribution >= 4 is 45.8 Å². The maximum Gasteiger partial charge on any atom is 0.0666 e. The minimum Gasteiger partial charge on any atom is -0.384 e. The Bertz CT molecular complexity index is 720. The van der Waals surface area contributed by atoms with Crippen LogP contribution in [0.1, 0.15) is 29.5 Å². The Morgan fingerprint density at radius 2 is 2.00 bits per heavy atom. The lowest BCUT2D eigenvalue weighted by Crippen LogP contribution is -2.16. The molecule has 0 atom stereocenters. The predicted octanol–water partition coefficient (Wildman–Crippen LogP) is 5.34. The Labute approximate surface area is 169 Å². The maximum atomic E-state index is 6.30. The van der Waals surface area contributed by atoms with Gasteiger partial charge in [-0.2, -0.15) is 0 Å². The van der Waals surface area contributed by atoms with Crippen LogP contribution in [0, 0.1) is 6.92 Å². The summed E-state index contributed by atoms with van der Waals surface area (Å²) in [5.74, 6) is 0. The van der Waals surface area contributed by atoms with E-state index in [1.165, 1.54) is 23.2 Å². The van der Waals surface area contributed by atoms with Gasteiger partial charge in [-0.3, -0.25) is 0 Å². The molecule has 25 heavy (non-hydrogen) atoms. The zero-order valence-electron chi connectivity index (χ0n) is 14.6. The van der Waals surface area contributed by atoms with Crippen LogP contribution >= 0.6 is 34.5 Å². The number of unbranched alkanes of at least 4 members (excludes halogenated alkanes) is 1. The molecule has 1 aliphatic rings. The fraction of sp³-hybridized carbons (Fsp3) is 0.400. The summed E-state index contributed by atoms with van der Waals surface area (Å²) in [5, 5.41) is 7.82. The first-order valence-corrected chi connectivity index (χ1v) is 10.2. The number of rotatable bonds is 8. The third kappa shape index (κ3) is 5.02. The molecular formula is C20H25ClIN3. The molecule has 0 unspecified atom stereocenters. The molecule has 5 heteroatoms. The number of halogens is 2. The van der Waals surface area contributed by atoms with Gasteiger partial charge < -0.3 is 13.7 Å². The van der Waals surface area contributed by atoms with E-state index < -0.39 is 0 Å². The Hall–Kier alpha value is -0.980. The fourth-order valence-electron chi connectivity index (χ4n) is 3.11. The van der Waals surface area contributed by atoms with E-state index in [1.807, 2.05) is 25.1 Å². The van der Waals surface area contributed by atoms with Gasteiger partial charge in [0.1, 0.15) is 0 Å². The summed E-state index contributed by atoms with van der Waals surface area (Å²) in [6, 6.07) is 13.0. The molecule has 1 heterocycles. The van der Waals surface area contributed by atoms with Gasteiger partial charge in [0.15, 0.2) is 0 Å². The van der Waals surface area contributed by atoms with Crippen LogP contribution in [-0.4, -0.2) is 19.6 Å². The number of nitrogens with zero attached hydrogens (tertiary/aromatic N) is 1. The molecule has 0 amide bonds. The van der Waals surface area contributed by atoms with E-state index in [-0.39, 0.29) is 0 Å². The lowest BCUT2D eigenvalue weighted by molar-refractivity contribution is 0.633. The first kappa shape index (κ1) is 18.8. The SMILES string of the molecule is Cc1cccc(NCCCCNCc2ccc3c(c2)N(I)CC3)c1Cl. The molecule has 1 aliphatic heterocycles. The number of aryl methyl sites for hydroxylation is 1. The van der Waals surface area contributed by atoms with Crippen LogP contribution in [0.15, 0.2) is 36.4 Å². The van der Waals surface area contributed by atoms with Crippen molar-refractivity contribution in [1.29, 1.82) is 0 Å². The van der Waals surface area contributed by atoms with Crippen molar-refractivity contribution in [2.45, 2.75) is 32.7 Å². The molecular weight excluding hydrogens is 445 g/mol. The molecule has 0 bridgehead atoms.